The fourth-order valence-corrected chi connectivity index (χ4v) is 3.68. The molecule has 2 heterocycles. The van der Waals surface area contributed by atoms with Gasteiger partial charge in [0.15, 0.2) is 5.01 Å². The quantitative estimate of drug-likeness (QED) is 0.228. The molecule has 0 saturated heterocycles. The van der Waals surface area contributed by atoms with E-state index in [-0.39, 0.29) is 5.95 Å². The van der Waals surface area contributed by atoms with Gasteiger partial charge in [-0.1, -0.05) is 57.2 Å². The molecule has 0 fully saturated rings. The van der Waals surface area contributed by atoms with E-state index in [1.165, 1.54) is 27.8 Å². The lowest BCUT2D eigenvalue weighted by molar-refractivity contribution is 0.320. The minimum Gasteiger partial charge on any atom is -0.493 e. The SMILES string of the molecule is C=CCSc1nc(N)n(-c2nnc(-c3ccccc3OCCCBr)s2)n1. The molecular weight excluding hydrogens is 436 g/mol. The molecule has 0 radical (unpaired) electrons. The molecule has 0 bridgehead atoms. The van der Waals surface area contributed by atoms with Crippen LogP contribution in [0.5, 0.6) is 5.75 Å². The van der Waals surface area contributed by atoms with Crippen molar-refractivity contribution >= 4 is 45.0 Å². The first kappa shape index (κ1) is 18.9. The van der Waals surface area contributed by atoms with Crippen LogP contribution in [0.4, 0.5) is 5.95 Å². The van der Waals surface area contributed by atoms with Gasteiger partial charge in [-0.05, 0) is 18.6 Å². The molecule has 136 valence electrons. The van der Waals surface area contributed by atoms with Gasteiger partial charge in [-0.25, -0.2) is 0 Å². The fraction of sp³-hybridized carbons (Fsp3) is 0.250. The lowest BCUT2D eigenvalue weighted by Gasteiger charge is -2.08. The summed E-state index contributed by atoms with van der Waals surface area (Å²) in [6.07, 6.45) is 2.72. The Morgan fingerprint density at radius 2 is 2.19 bits per heavy atom. The highest BCUT2D eigenvalue weighted by atomic mass is 79.9. The van der Waals surface area contributed by atoms with Gasteiger partial charge in [0.25, 0.3) is 0 Å². The molecular formula is C16H17BrN6OS2. The summed E-state index contributed by atoms with van der Waals surface area (Å²) >= 11 is 6.25. The molecule has 10 heteroatoms. The summed E-state index contributed by atoms with van der Waals surface area (Å²) in [6.45, 7) is 4.32. The third kappa shape index (κ3) is 4.43. The number of thioether (sulfide) groups is 1. The molecule has 0 aliphatic rings. The number of hydrogen-bond acceptors (Lipinski definition) is 8. The van der Waals surface area contributed by atoms with E-state index in [1.54, 1.807) is 6.08 Å². The highest BCUT2D eigenvalue weighted by Gasteiger charge is 2.16. The van der Waals surface area contributed by atoms with E-state index in [1.807, 2.05) is 24.3 Å². The van der Waals surface area contributed by atoms with Gasteiger partial charge in [0.05, 0.1) is 12.2 Å². The van der Waals surface area contributed by atoms with E-state index in [4.69, 9.17) is 10.5 Å². The number of halogens is 1. The maximum absolute atomic E-state index is 5.96. The molecule has 3 aromatic rings. The molecule has 2 aromatic heterocycles. The van der Waals surface area contributed by atoms with Crippen molar-refractivity contribution in [3.05, 3.63) is 36.9 Å². The molecule has 0 spiro atoms. The van der Waals surface area contributed by atoms with Crippen molar-refractivity contribution < 1.29 is 4.74 Å². The standard InChI is InChI=1S/C16H17BrN6OS2/c1-2-10-25-15-19-14(18)23(22-15)16-21-20-13(26-16)11-6-3-4-7-12(11)24-9-5-8-17/h2-4,6-7H,1,5,8-10H2,(H2,18,19,22). The molecule has 3 rings (SSSR count). The second kappa shape index (κ2) is 9.15. The van der Waals surface area contributed by atoms with E-state index in [0.29, 0.717) is 22.6 Å². The van der Waals surface area contributed by atoms with E-state index < -0.39 is 0 Å². The second-order valence-corrected chi connectivity index (χ2v) is 7.78. The lowest BCUT2D eigenvalue weighted by Crippen LogP contribution is -2.01. The Morgan fingerprint density at radius 3 is 3.00 bits per heavy atom. The Balaban J connectivity index is 1.84. The van der Waals surface area contributed by atoms with Crippen LogP contribution in [-0.4, -0.2) is 42.7 Å². The minimum atomic E-state index is 0.279. The summed E-state index contributed by atoms with van der Waals surface area (Å²) in [7, 11) is 0. The van der Waals surface area contributed by atoms with Gasteiger partial charge in [-0.2, -0.15) is 9.67 Å². The van der Waals surface area contributed by atoms with Crippen molar-refractivity contribution in [1.82, 2.24) is 25.0 Å². The van der Waals surface area contributed by atoms with Gasteiger partial charge in [0.2, 0.25) is 16.2 Å². The smallest absolute Gasteiger partial charge is 0.236 e. The number of nitrogen functional groups attached to an aromatic ring is 1. The van der Waals surface area contributed by atoms with Crippen LogP contribution in [0.1, 0.15) is 6.42 Å². The second-order valence-electron chi connectivity index (χ2n) is 5.04. The zero-order valence-corrected chi connectivity index (χ0v) is 17.1. The predicted molar refractivity (Wildman–Crippen MR) is 110 cm³/mol. The molecule has 0 atom stereocenters. The summed E-state index contributed by atoms with van der Waals surface area (Å²) in [5, 5.41) is 15.6. The summed E-state index contributed by atoms with van der Waals surface area (Å²) < 4.78 is 7.36. The van der Waals surface area contributed by atoms with E-state index in [0.717, 1.165) is 28.1 Å². The van der Waals surface area contributed by atoms with Crippen molar-refractivity contribution in [2.24, 2.45) is 0 Å². The van der Waals surface area contributed by atoms with Crippen molar-refractivity contribution in [3.63, 3.8) is 0 Å². The Hall–Kier alpha value is -1.91. The molecule has 0 aliphatic heterocycles. The summed E-state index contributed by atoms with van der Waals surface area (Å²) in [6, 6.07) is 7.78. The summed E-state index contributed by atoms with van der Waals surface area (Å²) in [4.78, 5) is 4.23. The number of rotatable bonds is 9. The number of alkyl halides is 1. The van der Waals surface area contributed by atoms with E-state index >= 15 is 0 Å². The van der Waals surface area contributed by atoms with Gasteiger partial charge in [0.1, 0.15) is 5.75 Å². The summed E-state index contributed by atoms with van der Waals surface area (Å²) in [5.41, 5.74) is 6.86. The Labute approximate surface area is 167 Å². The molecule has 0 amide bonds. The van der Waals surface area contributed by atoms with Crippen LogP contribution in [0.2, 0.25) is 0 Å². The van der Waals surface area contributed by atoms with Gasteiger partial charge >= 0.3 is 0 Å². The van der Waals surface area contributed by atoms with Crippen LogP contribution in [-0.2, 0) is 0 Å². The molecule has 1 aromatic carbocycles. The first-order valence-corrected chi connectivity index (χ1v) is 10.7. The van der Waals surface area contributed by atoms with Crippen LogP contribution in [0.3, 0.4) is 0 Å². The van der Waals surface area contributed by atoms with Crippen molar-refractivity contribution in [1.29, 1.82) is 0 Å². The summed E-state index contributed by atoms with van der Waals surface area (Å²) in [5.74, 6) is 1.77. The Morgan fingerprint density at radius 1 is 1.35 bits per heavy atom. The van der Waals surface area contributed by atoms with E-state index in [9.17, 15) is 0 Å². The van der Waals surface area contributed by atoms with E-state index in [2.05, 4.69) is 42.8 Å². The highest BCUT2D eigenvalue weighted by Crippen LogP contribution is 2.33. The predicted octanol–water partition coefficient (Wildman–Crippen LogP) is 3.81. The molecule has 2 N–H and O–H groups in total. The van der Waals surface area contributed by atoms with Gasteiger partial charge in [-0.15, -0.1) is 21.9 Å². The van der Waals surface area contributed by atoms with Crippen molar-refractivity contribution in [2.45, 2.75) is 11.6 Å². The molecule has 7 nitrogen and oxygen atoms in total. The number of nitrogens with zero attached hydrogens (tertiary/aromatic N) is 5. The first-order valence-electron chi connectivity index (χ1n) is 7.81. The van der Waals surface area contributed by atoms with Crippen LogP contribution in [0, 0.1) is 0 Å². The van der Waals surface area contributed by atoms with Crippen LogP contribution >= 0.6 is 39.0 Å². The minimum absolute atomic E-state index is 0.279. The lowest BCUT2D eigenvalue weighted by atomic mass is 10.2. The number of nitrogens with two attached hydrogens (primary N) is 1. The zero-order chi connectivity index (χ0) is 18.4. The Bertz CT molecular complexity index is 881. The average molecular weight is 453 g/mol. The third-order valence-corrected chi connectivity index (χ3v) is 5.52. The topological polar surface area (TPSA) is 91.7 Å². The molecule has 26 heavy (non-hydrogen) atoms. The van der Waals surface area contributed by atoms with Crippen LogP contribution < -0.4 is 10.5 Å². The number of ether oxygens (including phenoxy) is 1. The number of hydrogen-bond donors (Lipinski definition) is 1. The highest BCUT2D eigenvalue weighted by molar-refractivity contribution is 9.09. The number of benzene rings is 1. The molecule has 0 unspecified atom stereocenters. The average Bonchev–Trinajstić information content (AvgIpc) is 3.27. The fourth-order valence-electron chi connectivity index (χ4n) is 2.06. The maximum atomic E-state index is 5.96. The molecule has 0 aliphatic carbocycles. The monoisotopic (exact) mass is 452 g/mol. The van der Waals surface area contributed by atoms with Crippen molar-refractivity contribution in [2.75, 3.05) is 23.4 Å². The van der Waals surface area contributed by atoms with Crippen LogP contribution in [0.25, 0.3) is 15.7 Å². The van der Waals surface area contributed by atoms with Gasteiger partial charge in [-0.3, -0.25) is 0 Å². The first-order chi connectivity index (χ1) is 12.7. The number of anilines is 1. The maximum Gasteiger partial charge on any atom is 0.236 e. The normalized spacial score (nSPS) is 10.8. The van der Waals surface area contributed by atoms with Crippen LogP contribution in [0.15, 0.2) is 42.1 Å². The number of aromatic nitrogens is 5. The number of para-hydroxylation sites is 1. The molecule has 0 saturated carbocycles. The Kier molecular flexibility index (Phi) is 6.64. The zero-order valence-electron chi connectivity index (χ0n) is 13.8. The van der Waals surface area contributed by atoms with Crippen molar-refractivity contribution in [3.8, 4) is 21.5 Å². The van der Waals surface area contributed by atoms with Gasteiger partial charge in [0, 0.05) is 11.1 Å². The largest absolute Gasteiger partial charge is 0.493 e. The van der Waals surface area contributed by atoms with Gasteiger partial charge < -0.3 is 10.5 Å². The third-order valence-electron chi connectivity index (χ3n) is 3.19.